The lowest BCUT2D eigenvalue weighted by atomic mass is 9.78. The third-order valence-corrected chi connectivity index (χ3v) is 3.85. The Morgan fingerprint density at radius 1 is 1.17 bits per heavy atom. The van der Waals surface area contributed by atoms with Gasteiger partial charge in [-0.1, -0.05) is 45.9 Å². The van der Waals surface area contributed by atoms with Crippen LogP contribution in [0.4, 0.5) is 0 Å². The first-order valence-electron chi connectivity index (χ1n) is 6.99. The van der Waals surface area contributed by atoms with Crippen molar-refractivity contribution in [1.82, 2.24) is 0 Å². The molecule has 1 aliphatic heterocycles. The summed E-state index contributed by atoms with van der Waals surface area (Å²) in [5.41, 5.74) is 4.39. The van der Waals surface area contributed by atoms with Crippen LogP contribution in [0, 0.1) is 5.92 Å². The maximum Gasteiger partial charge on any atom is 0.113 e. The van der Waals surface area contributed by atoms with Gasteiger partial charge in [-0.15, -0.1) is 0 Å². The Morgan fingerprint density at radius 2 is 1.94 bits per heavy atom. The minimum absolute atomic E-state index is 0.574. The van der Waals surface area contributed by atoms with Crippen LogP contribution in [-0.4, -0.2) is 0 Å². The average Bonchev–Trinajstić information content (AvgIpc) is 2.28. The van der Waals surface area contributed by atoms with E-state index in [1.807, 2.05) is 6.26 Å². The number of hydrogen-bond donors (Lipinski definition) is 0. The third-order valence-electron chi connectivity index (χ3n) is 3.85. The van der Waals surface area contributed by atoms with E-state index in [0.29, 0.717) is 24.4 Å². The predicted octanol–water partition coefficient (Wildman–Crippen LogP) is 4.98. The van der Waals surface area contributed by atoms with E-state index in [9.17, 15) is 0 Å². The summed E-state index contributed by atoms with van der Waals surface area (Å²) in [6.45, 7) is 9.91. The highest BCUT2D eigenvalue weighted by Gasteiger charge is 2.23. The summed E-state index contributed by atoms with van der Waals surface area (Å²) in [5, 5.41) is 0. The van der Waals surface area contributed by atoms with Crippen molar-refractivity contribution in [1.29, 1.82) is 0 Å². The number of hydrogen-bond acceptors (Lipinski definition) is 1. The molecule has 0 fully saturated rings. The number of fused-ring (bicyclic) bond motifs is 1. The van der Waals surface area contributed by atoms with Crippen LogP contribution in [0.5, 0.6) is 0 Å². The Labute approximate surface area is 111 Å². The molecule has 2 rings (SSSR count). The Hall–Kier alpha value is -1.24. The molecule has 0 spiro atoms. The van der Waals surface area contributed by atoms with Crippen molar-refractivity contribution in [2.75, 3.05) is 0 Å². The molecule has 0 saturated carbocycles. The van der Waals surface area contributed by atoms with Crippen molar-refractivity contribution in [3.63, 3.8) is 0 Å². The quantitative estimate of drug-likeness (QED) is 0.712. The molecule has 1 aliphatic rings. The fourth-order valence-electron chi connectivity index (χ4n) is 2.85. The zero-order valence-corrected chi connectivity index (χ0v) is 11.9. The van der Waals surface area contributed by atoms with Crippen LogP contribution in [0.25, 0.3) is 0 Å². The van der Waals surface area contributed by atoms with E-state index in [-0.39, 0.29) is 0 Å². The standard InChI is InChI=1S/C17H24O/c1-12(2)15-8-5-7-14-11-18-10-6-9-16(13(3)4)17(14)15/h5-8,10,12-13,16H,9,11H2,1-4H3/b10-6-. The van der Waals surface area contributed by atoms with Gasteiger partial charge in [0.1, 0.15) is 6.61 Å². The summed E-state index contributed by atoms with van der Waals surface area (Å²) < 4.78 is 5.58. The molecule has 1 unspecified atom stereocenters. The first-order chi connectivity index (χ1) is 8.61. The molecule has 1 nitrogen and oxygen atoms in total. The first-order valence-corrected chi connectivity index (χ1v) is 6.99. The molecule has 0 amide bonds. The van der Waals surface area contributed by atoms with Crippen LogP contribution < -0.4 is 0 Å². The summed E-state index contributed by atoms with van der Waals surface area (Å²) in [5.74, 6) is 1.84. The van der Waals surface area contributed by atoms with Gasteiger partial charge in [-0.25, -0.2) is 0 Å². The molecular formula is C17H24O. The van der Waals surface area contributed by atoms with Crippen LogP contribution in [0.15, 0.2) is 30.5 Å². The number of ether oxygens (including phenoxy) is 1. The van der Waals surface area contributed by atoms with Crippen molar-refractivity contribution >= 4 is 0 Å². The van der Waals surface area contributed by atoms with Crippen molar-refractivity contribution in [2.24, 2.45) is 5.92 Å². The molecule has 1 aromatic rings. The molecule has 1 atom stereocenters. The van der Waals surface area contributed by atoms with Crippen molar-refractivity contribution in [3.8, 4) is 0 Å². The van der Waals surface area contributed by atoms with Crippen LogP contribution >= 0.6 is 0 Å². The van der Waals surface area contributed by atoms with Gasteiger partial charge < -0.3 is 4.74 Å². The van der Waals surface area contributed by atoms with E-state index in [1.165, 1.54) is 16.7 Å². The van der Waals surface area contributed by atoms with Crippen molar-refractivity contribution in [3.05, 3.63) is 47.2 Å². The van der Waals surface area contributed by atoms with E-state index in [4.69, 9.17) is 4.74 Å². The summed E-state index contributed by atoms with van der Waals surface area (Å²) in [6, 6.07) is 6.67. The molecule has 0 radical (unpaired) electrons. The fraction of sp³-hybridized carbons (Fsp3) is 0.529. The number of rotatable bonds is 2. The molecule has 1 heterocycles. The topological polar surface area (TPSA) is 9.23 Å². The molecule has 1 aromatic carbocycles. The molecule has 18 heavy (non-hydrogen) atoms. The van der Waals surface area contributed by atoms with Gasteiger partial charge in [0, 0.05) is 0 Å². The molecule has 98 valence electrons. The highest BCUT2D eigenvalue weighted by molar-refractivity contribution is 5.40. The van der Waals surface area contributed by atoms with E-state index in [1.54, 1.807) is 0 Å². The first kappa shape index (κ1) is 13.2. The highest BCUT2D eigenvalue weighted by Crippen LogP contribution is 2.37. The van der Waals surface area contributed by atoms with E-state index < -0.39 is 0 Å². The second-order valence-corrected chi connectivity index (χ2v) is 5.84. The molecule has 0 N–H and O–H groups in total. The van der Waals surface area contributed by atoms with E-state index in [2.05, 4.69) is 52.0 Å². The highest BCUT2D eigenvalue weighted by atomic mass is 16.5. The van der Waals surface area contributed by atoms with Gasteiger partial charge in [0.15, 0.2) is 0 Å². The Morgan fingerprint density at radius 3 is 2.61 bits per heavy atom. The fourth-order valence-corrected chi connectivity index (χ4v) is 2.85. The van der Waals surface area contributed by atoms with Gasteiger partial charge in [-0.2, -0.15) is 0 Å². The van der Waals surface area contributed by atoms with Crippen LogP contribution in [0.3, 0.4) is 0 Å². The lowest BCUT2D eigenvalue weighted by Crippen LogP contribution is -2.14. The van der Waals surface area contributed by atoms with Crippen molar-refractivity contribution in [2.45, 2.75) is 52.6 Å². The summed E-state index contributed by atoms with van der Waals surface area (Å²) >= 11 is 0. The van der Waals surface area contributed by atoms with E-state index >= 15 is 0 Å². The summed E-state index contributed by atoms with van der Waals surface area (Å²) in [4.78, 5) is 0. The lowest BCUT2D eigenvalue weighted by Gasteiger charge is -2.28. The summed E-state index contributed by atoms with van der Waals surface area (Å²) in [7, 11) is 0. The molecule has 0 aromatic heterocycles. The minimum Gasteiger partial charge on any atom is -0.497 e. The average molecular weight is 244 g/mol. The SMILES string of the molecule is CC(C)c1cccc2c1C(C(C)C)C/C=C\OC2. The minimum atomic E-state index is 0.574. The smallest absolute Gasteiger partial charge is 0.113 e. The van der Waals surface area contributed by atoms with Gasteiger partial charge in [-0.05, 0) is 46.9 Å². The zero-order chi connectivity index (χ0) is 13.1. The van der Waals surface area contributed by atoms with Crippen LogP contribution in [0.1, 0.15) is 62.6 Å². The molecule has 1 heteroatoms. The largest absolute Gasteiger partial charge is 0.497 e. The number of benzene rings is 1. The maximum absolute atomic E-state index is 5.58. The molecule has 0 saturated heterocycles. The normalized spacial score (nSPS) is 21.1. The predicted molar refractivity (Wildman–Crippen MR) is 76.7 cm³/mol. The third kappa shape index (κ3) is 2.60. The van der Waals surface area contributed by atoms with Crippen LogP contribution in [-0.2, 0) is 11.3 Å². The molecular weight excluding hydrogens is 220 g/mol. The Bertz CT molecular complexity index is 429. The zero-order valence-electron chi connectivity index (χ0n) is 11.9. The maximum atomic E-state index is 5.58. The lowest BCUT2D eigenvalue weighted by molar-refractivity contribution is 0.229. The molecule has 0 aliphatic carbocycles. The Balaban J connectivity index is 2.54. The second-order valence-electron chi connectivity index (χ2n) is 5.84. The second kappa shape index (κ2) is 5.60. The van der Waals surface area contributed by atoms with Gasteiger partial charge in [0.25, 0.3) is 0 Å². The molecule has 0 bridgehead atoms. The monoisotopic (exact) mass is 244 g/mol. The Kier molecular flexibility index (Phi) is 4.11. The van der Waals surface area contributed by atoms with Gasteiger partial charge in [0.05, 0.1) is 6.26 Å². The van der Waals surface area contributed by atoms with Gasteiger partial charge in [-0.3, -0.25) is 0 Å². The van der Waals surface area contributed by atoms with Gasteiger partial charge >= 0.3 is 0 Å². The number of allylic oxidation sites excluding steroid dienone is 1. The van der Waals surface area contributed by atoms with Crippen LogP contribution in [0.2, 0.25) is 0 Å². The van der Waals surface area contributed by atoms with Gasteiger partial charge in [0.2, 0.25) is 0 Å². The van der Waals surface area contributed by atoms with E-state index in [0.717, 1.165) is 6.42 Å². The summed E-state index contributed by atoms with van der Waals surface area (Å²) in [6.07, 6.45) is 5.11. The van der Waals surface area contributed by atoms with Crippen molar-refractivity contribution < 1.29 is 4.74 Å².